The summed E-state index contributed by atoms with van der Waals surface area (Å²) in [6, 6.07) is 7.50. The van der Waals surface area contributed by atoms with Gasteiger partial charge in [0.1, 0.15) is 5.69 Å². The number of aromatic nitrogens is 1. The lowest BCUT2D eigenvalue weighted by Gasteiger charge is -2.19. The second kappa shape index (κ2) is 10.0. The minimum atomic E-state index is -0.642. The third kappa shape index (κ3) is 4.94. The van der Waals surface area contributed by atoms with Gasteiger partial charge in [0.15, 0.2) is 0 Å². The number of benzene rings is 1. The molecule has 0 bridgehead atoms. The third-order valence-corrected chi connectivity index (χ3v) is 4.88. The molecule has 0 aliphatic carbocycles. The van der Waals surface area contributed by atoms with Crippen LogP contribution in [0.5, 0.6) is 0 Å². The molecule has 0 radical (unpaired) electrons. The van der Waals surface area contributed by atoms with Gasteiger partial charge in [-0.2, -0.15) is 0 Å². The standard InChI is InChI=1S/C23H30N2O4/c1-6-9-14-25(7-2)22(27)21(26)20-19(17-12-10-15(4)11-13-17)18(16(5)24-20)23(28)29-8-3/h10-13,24H,6-9,14H2,1-5H3. The van der Waals surface area contributed by atoms with Gasteiger partial charge in [-0.1, -0.05) is 43.2 Å². The second-order valence-electron chi connectivity index (χ2n) is 7.03. The monoisotopic (exact) mass is 398 g/mol. The molecule has 1 N–H and O–H groups in total. The van der Waals surface area contributed by atoms with Crippen molar-refractivity contribution < 1.29 is 19.1 Å². The fourth-order valence-corrected chi connectivity index (χ4v) is 3.27. The van der Waals surface area contributed by atoms with E-state index in [-0.39, 0.29) is 12.3 Å². The van der Waals surface area contributed by atoms with Crippen molar-refractivity contribution in [3.8, 4) is 11.1 Å². The molecule has 1 aromatic carbocycles. The molecule has 1 aromatic heterocycles. The number of ether oxygens (including phenoxy) is 1. The number of nitrogens with zero attached hydrogens (tertiary/aromatic N) is 1. The third-order valence-electron chi connectivity index (χ3n) is 4.88. The topological polar surface area (TPSA) is 79.5 Å². The molecule has 0 aliphatic heterocycles. The van der Waals surface area contributed by atoms with E-state index in [1.165, 1.54) is 0 Å². The smallest absolute Gasteiger partial charge is 0.340 e. The molecule has 0 fully saturated rings. The van der Waals surface area contributed by atoms with Crippen LogP contribution in [0.15, 0.2) is 24.3 Å². The molecule has 0 saturated carbocycles. The minimum Gasteiger partial charge on any atom is -0.462 e. The first kappa shape index (κ1) is 22.4. The number of amides is 1. The number of likely N-dealkylation sites (N-methyl/N-ethyl adjacent to an activating group) is 1. The predicted molar refractivity (Wildman–Crippen MR) is 113 cm³/mol. The summed E-state index contributed by atoms with van der Waals surface area (Å²) < 4.78 is 5.20. The van der Waals surface area contributed by atoms with Crippen molar-refractivity contribution in [3.05, 3.63) is 46.8 Å². The Hall–Kier alpha value is -2.89. The minimum absolute atomic E-state index is 0.134. The van der Waals surface area contributed by atoms with Crippen molar-refractivity contribution in [3.63, 3.8) is 0 Å². The Bertz CT molecular complexity index is 881. The zero-order valence-electron chi connectivity index (χ0n) is 17.9. The molecular formula is C23H30N2O4. The molecule has 0 saturated heterocycles. The van der Waals surface area contributed by atoms with Crippen LogP contribution in [0.2, 0.25) is 0 Å². The Morgan fingerprint density at radius 2 is 1.69 bits per heavy atom. The zero-order chi connectivity index (χ0) is 21.6. The summed E-state index contributed by atoms with van der Waals surface area (Å²) in [5.41, 5.74) is 3.10. The van der Waals surface area contributed by atoms with E-state index in [1.807, 2.05) is 45.0 Å². The molecule has 1 heterocycles. The van der Waals surface area contributed by atoms with Gasteiger partial charge >= 0.3 is 5.97 Å². The number of ketones is 1. The zero-order valence-corrected chi connectivity index (χ0v) is 17.9. The first-order valence-corrected chi connectivity index (χ1v) is 10.2. The largest absolute Gasteiger partial charge is 0.462 e. The van der Waals surface area contributed by atoms with Crippen LogP contribution in [0.25, 0.3) is 11.1 Å². The van der Waals surface area contributed by atoms with Crippen LogP contribution in [0, 0.1) is 13.8 Å². The van der Waals surface area contributed by atoms with Crippen molar-refractivity contribution in [2.24, 2.45) is 0 Å². The number of carbonyl (C=O) groups is 3. The summed E-state index contributed by atoms with van der Waals surface area (Å²) in [6.45, 7) is 10.5. The highest BCUT2D eigenvalue weighted by Crippen LogP contribution is 2.32. The number of carbonyl (C=O) groups excluding carboxylic acids is 3. The average Bonchev–Trinajstić information content (AvgIpc) is 3.05. The van der Waals surface area contributed by atoms with E-state index < -0.39 is 17.7 Å². The molecule has 1 amide bonds. The number of Topliss-reactive ketones (excluding diaryl/α,β-unsaturated/α-hetero) is 1. The van der Waals surface area contributed by atoms with E-state index in [0.717, 1.165) is 18.4 Å². The fraction of sp³-hybridized carbons (Fsp3) is 0.435. The van der Waals surface area contributed by atoms with Crippen molar-refractivity contribution in [1.82, 2.24) is 9.88 Å². The summed E-state index contributed by atoms with van der Waals surface area (Å²) >= 11 is 0. The summed E-state index contributed by atoms with van der Waals surface area (Å²) in [5, 5.41) is 0. The maximum atomic E-state index is 13.1. The van der Waals surface area contributed by atoms with Crippen LogP contribution in [0.1, 0.15) is 65.7 Å². The Morgan fingerprint density at radius 1 is 1.03 bits per heavy atom. The van der Waals surface area contributed by atoms with E-state index in [0.29, 0.717) is 35.5 Å². The molecule has 29 heavy (non-hydrogen) atoms. The van der Waals surface area contributed by atoms with E-state index >= 15 is 0 Å². The SMILES string of the molecule is CCCCN(CC)C(=O)C(=O)c1[nH]c(C)c(C(=O)OCC)c1-c1ccc(C)cc1. The molecule has 0 spiro atoms. The molecule has 156 valence electrons. The van der Waals surface area contributed by atoms with Crippen molar-refractivity contribution in [2.75, 3.05) is 19.7 Å². The van der Waals surface area contributed by atoms with E-state index in [1.54, 1.807) is 18.7 Å². The first-order chi connectivity index (χ1) is 13.8. The van der Waals surface area contributed by atoms with Crippen molar-refractivity contribution in [2.45, 2.75) is 47.5 Å². The molecular weight excluding hydrogens is 368 g/mol. The number of unbranched alkanes of at least 4 members (excludes halogenated alkanes) is 1. The van der Waals surface area contributed by atoms with Gasteiger partial charge in [0, 0.05) is 24.3 Å². The molecule has 0 atom stereocenters. The second-order valence-corrected chi connectivity index (χ2v) is 7.03. The van der Waals surface area contributed by atoms with E-state index in [4.69, 9.17) is 4.74 Å². The lowest BCUT2D eigenvalue weighted by molar-refractivity contribution is -0.126. The first-order valence-electron chi connectivity index (χ1n) is 10.2. The highest BCUT2D eigenvalue weighted by atomic mass is 16.5. The lowest BCUT2D eigenvalue weighted by Crippen LogP contribution is -2.37. The Balaban J connectivity index is 2.57. The summed E-state index contributed by atoms with van der Waals surface area (Å²) in [4.78, 5) is 43.2. The van der Waals surface area contributed by atoms with Gasteiger partial charge in [0.05, 0.1) is 12.2 Å². The van der Waals surface area contributed by atoms with Crippen LogP contribution in [0.4, 0.5) is 0 Å². The highest BCUT2D eigenvalue weighted by molar-refractivity contribution is 6.43. The molecule has 0 unspecified atom stereocenters. The van der Waals surface area contributed by atoms with Crippen LogP contribution in [0.3, 0.4) is 0 Å². The van der Waals surface area contributed by atoms with Crippen molar-refractivity contribution >= 4 is 17.7 Å². The molecule has 0 aliphatic rings. The molecule has 6 heteroatoms. The molecule has 2 rings (SSSR count). The number of hydrogen-bond acceptors (Lipinski definition) is 4. The average molecular weight is 399 g/mol. The summed E-state index contributed by atoms with van der Waals surface area (Å²) in [6.07, 6.45) is 1.76. The van der Waals surface area contributed by atoms with Gasteiger partial charge in [-0.3, -0.25) is 9.59 Å². The summed E-state index contributed by atoms with van der Waals surface area (Å²) in [7, 11) is 0. The van der Waals surface area contributed by atoms with Crippen LogP contribution < -0.4 is 0 Å². The van der Waals surface area contributed by atoms with Gasteiger partial charge in [0.2, 0.25) is 0 Å². The van der Waals surface area contributed by atoms with E-state index in [9.17, 15) is 14.4 Å². The van der Waals surface area contributed by atoms with Gasteiger partial charge in [-0.25, -0.2) is 4.79 Å². The van der Waals surface area contributed by atoms with Gasteiger partial charge in [0.25, 0.3) is 11.7 Å². The molecule has 2 aromatic rings. The maximum absolute atomic E-state index is 13.1. The number of H-pyrrole nitrogens is 1. The van der Waals surface area contributed by atoms with E-state index in [2.05, 4.69) is 4.98 Å². The highest BCUT2D eigenvalue weighted by Gasteiger charge is 2.31. The number of rotatable bonds is 9. The normalized spacial score (nSPS) is 10.7. The fourth-order valence-electron chi connectivity index (χ4n) is 3.27. The quantitative estimate of drug-likeness (QED) is 0.388. The van der Waals surface area contributed by atoms with Crippen LogP contribution >= 0.6 is 0 Å². The number of aryl methyl sites for hydroxylation is 2. The number of nitrogens with one attached hydrogen (secondary N) is 1. The predicted octanol–water partition coefficient (Wildman–Crippen LogP) is 4.31. The molecule has 6 nitrogen and oxygen atoms in total. The van der Waals surface area contributed by atoms with Gasteiger partial charge in [-0.15, -0.1) is 0 Å². The Kier molecular flexibility index (Phi) is 7.76. The Labute approximate surface area is 172 Å². The van der Waals surface area contributed by atoms with Gasteiger partial charge in [-0.05, 0) is 39.7 Å². The number of hydrogen-bond donors (Lipinski definition) is 1. The van der Waals surface area contributed by atoms with Crippen LogP contribution in [-0.2, 0) is 9.53 Å². The summed E-state index contributed by atoms with van der Waals surface area (Å²) in [5.74, 6) is -1.72. The van der Waals surface area contributed by atoms with Crippen LogP contribution in [-0.4, -0.2) is 47.2 Å². The number of aromatic amines is 1. The number of esters is 1. The van der Waals surface area contributed by atoms with Crippen molar-refractivity contribution in [1.29, 1.82) is 0 Å². The maximum Gasteiger partial charge on any atom is 0.340 e. The van der Waals surface area contributed by atoms with Gasteiger partial charge < -0.3 is 14.6 Å². The Morgan fingerprint density at radius 3 is 2.24 bits per heavy atom. The lowest BCUT2D eigenvalue weighted by atomic mass is 9.97.